The van der Waals surface area contributed by atoms with Gasteiger partial charge < -0.3 is 20.3 Å². The number of nitrogens with zero attached hydrogens (tertiary/aromatic N) is 2. The molecule has 0 unspecified atom stereocenters. The van der Waals surface area contributed by atoms with Gasteiger partial charge in [0.2, 0.25) is 0 Å². The molecule has 0 bridgehead atoms. The summed E-state index contributed by atoms with van der Waals surface area (Å²) in [6.07, 6.45) is -0.0712. The molecule has 0 amide bonds. The Labute approximate surface area is 114 Å². The second kappa shape index (κ2) is 6.61. The van der Waals surface area contributed by atoms with Gasteiger partial charge in [-0.05, 0) is 27.9 Å². The molecule has 0 spiro atoms. The Morgan fingerprint density at radius 2 is 1.84 bits per heavy atom. The van der Waals surface area contributed by atoms with Crippen molar-refractivity contribution >= 4 is 11.4 Å². The number of likely N-dealkylation sites (N-methyl/N-ethyl adjacent to an activating group) is 2. The summed E-state index contributed by atoms with van der Waals surface area (Å²) in [6.45, 7) is 5.44. The van der Waals surface area contributed by atoms with Crippen molar-refractivity contribution in [1.82, 2.24) is 4.90 Å². The number of nitrogen functional groups attached to an aromatic ring is 1. The minimum Gasteiger partial charge on any atom is -0.488 e. The monoisotopic (exact) mass is 269 g/mol. The summed E-state index contributed by atoms with van der Waals surface area (Å²) in [5.41, 5.74) is 7.09. The van der Waals surface area contributed by atoms with E-state index < -0.39 is 5.82 Å². The Morgan fingerprint density at radius 1 is 1.21 bits per heavy atom. The highest BCUT2D eigenvalue weighted by atomic mass is 19.1. The number of nitrogens with two attached hydrogens (primary N) is 1. The van der Waals surface area contributed by atoms with Crippen LogP contribution < -0.4 is 15.4 Å². The van der Waals surface area contributed by atoms with Gasteiger partial charge >= 0.3 is 0 Å². The lowest BCUT2D eigenvalue weighted by molar-refractivity contribution is 0.231. The fourth-order valence-corrected chi connectivity index (χ4v) is 1.70. The minimum atomic E-state index is -0.420. The van der Waals surface area contributed by atoms with Gasteiger partial charge in [-0.2, -0.15) is 0 Å². The van der Waals surface area contributed by atoms with Crippen molar-refractivity contribution < 1.29 is 9.13 Å². The molecule has 108 valence electrons. The fraction of sp³-hybridized carbons (Fsp3) is 0.571. The fourth-order valence-electron chi connectivity index (χ4n) is 1.70. The average Bonchev–Trinajstić information content (AvgIpc) is 2.29. The Balaban J connectivity index is 2.93. The number of hydrogen-bond donors (Lipinski definition) is 1. The van der Waals surface area contributed by atoms with Crippen LogP contribution >= 0.6 is 0 Å². The molecule has 0 radical (unpaired) electrons. The summed E-state index contributed by atoms with van der Waals surface area (Å²) in [5, 5.41) is 0. The number of hydrogen-bond acceptors (Lipinski definition) is 4. The zero-order valence-electron chi connectivity index (χ0n) is 12.4. The Hall–Kier alpha value is -1.49. The maximum atomic E-state index is 13.7. The molecule has 0 aliphatic heterocycles. The van der Waals surface area contributed by atoms with Gasteiger partial charge in [0.15, 0.2) is 11.6 Å². The SMILES string of the molecule is CC(C)Oc1cc(N(C)CCN(C)C)c(N)cc1F. The van der Waals surface area contributed by atoms with Crippen molar-refractivity contribution in [2.75, 3.05) is 44.9 Å². The van der Waals surface area contributed by atoms with Crippen LogP contribution in [0.25, 0.3) is 0 Å². The third-order valence-electron chi connectivity index (χ3n) is 2.74. The molecule has 0 fully saturated rings. The molecule has 19 heavy (non-hydrogen) atoms. The summed E-state index contributed by atoms with van der Waals surface area (Å²) in [7, 11) is 5.95. The first-order chi connectivity index (χ1) is 8.81. The molecule has 5 heteroatoms. The number of rotatable bonds is 6. The molecule has 2 N–H and O–H groups in total. The molecule has 1 aromatic rings. The van der Waals surface area contributed by atoms with E-state index >= 15 is 0 Å². The molecule has 4 nitrogen and oxygen atoms in total. The second-order valence-corrected chi connectivity index (χ2v) is 5.23. The van der Waals surface area contributed by atoms with Gasteiger partial charge in [-0.25, -0.2) is 4.39 Å². The quantitative estimate of drug-likeness (QED) is 0.804. The molecule has 0 saturated carbocycles. The molecular weight excluding hydrogens is 245 g/mol. The number of benzene rings is 1. The Bertz CT molecular complexity index is 421. The summed E-state index contributed by atoms with van der Waals surface area (Å²) < 4.78 is 19.2. The van der Waals surface area contributed by atoms with E-state index in [0.29, 0.717) is 5.69 Å². The highest BCUT2D eigenvalue weighted by Gasteiger charge is 2.13. The number of ether oxygens (including phenoxy) is 1. The van der Waals surface area contributed by atoms with Crippen molar-refractivity contribution in [2.45, 2.75) is 20.0 Å². The number of anilines is 2. The van der Waals surface area contributed by atoms with E-state index in [1.807, 2.05) is 39.9 Å². The van der Waals surface area contributed by atoms with E-state index in [-0.39, 0.29) is 11.9 Å². The molecule has 1 rings (SSSR count). The third kappa shape index (κ3) is 4.59. The maximum absolute atomic E-state index is 13.7. The first kappa shape index (κ1) is 15.6. The largest absolute Gasteiger partial charge is 0.488 e. The number of halogens is 1. The topological polar surface area (TPSA) is 41.7 Å². The third-order valence-corrected chi connectivity index (χ3v) is 2.74. The van der Waals surface area contributed by atoms with Crippen molar-refractivity contribution in [1.29, 1.82) is 0 Å². The zero-order chi connectivity index (χ0) is 14.6. The summed E-state index contributed by atoms with van der Waals surface area (Å²) in [6, 6.07) is 2.99. The predicted octanol–water partition coefficient (Wildman–Crippen LogP) is 2.19. The lowest BCUT2D eigenvalue weighted by Crippen LogP contribution is -2.29. The zero-order valence-corrected chi connectivity index (χ0v) is 12.4. The van der Waals surface area contributed by atoms with Crippen LogP contribution in [0.5, 0.6) is 5.75 Å². The Morgan fingerprint density at radius 3 is 2.37 bits per heavy atom. The molecule has 0 aliphatic rings. The smallest absolute Gasteiger partial charge is 0.167 e. The summed E-state index contributed by atoms with van der Waals surface area (Å²) >= 11 is 0. The molecule has 0 aromatic heterocycles. The maximum Gasteiger partial charge on any atom is 0.167 e. The summed E-state index contributed by atoms with van der Waals surface area (Å²) in [5.74, 6) is -0.174. The lowest BCUT2D eigenvalue weighted by Gasteiger charge is -2.24. The van der Waals surface area contributed by atoms with Gasteiger partial charge in [-0.3, -0.25) is 0 Å². The molecule has 1 aromatic carbocycles. The first-order valence-electron chi connectivity index (χ1n) is 6.42. The van der Waals surface area contributed by atoms with Crippen LogP contribution in [-0.4, -0.2) is 45.2 Å². The standard InChI is InChI=1S/C14H24FN3O/c1-10(2)19-14-9-13(12(16)8-11(14)15)18(5)7-6-17(3)4/h8-10H,6-7,16H2,1-5H3. The molecule has 0 aliphatic carbocycles. The van der Waals surface area contributed by atoms with Crippen LogP contribution in [0.15, 0.2) is 12.1 Å². The van der Waals surface area contributed by atoms with Gasteiger partial charge in [0.25, 0.3) is 0 Å². The van der Waals surface area contributed by atoms with Gasteiger partial charge in [-0.1, -0.05) is 0 Å². The van der Waals surface area contributed by atoms with Gasteiger partial charge in [0.1, 0.15) is 0 Å². The van der Waals surface area contributed by atoms with Crippen LogP contribution in [0, 0.1) is 5.82 Å². The highest BCUT2D eigenvalue weighted by molar-refractivity contribution is 5.69. The Kier molecular flexibility index (Phi) is 5.42. The van der Waals surface area contributed by atoms with Crippen molar-refractivity contribution in [3.8, 4) is 5.75 Å². The normalized spacial score (nSPS) is 11.2. The van der Waals surface area contributed by atoms with E-state index in [4.69, 9.17) is 10.5 Å². The molecule has 0 atom stereocenters. The molecule has 0 saturated heterocycles. The van der Waals surface area contributed by atoms with Gasteiger partial charge in [-0.15, -0.1) is 0 Å². The highest BCUT2D eigenvalue weighted by Crippen LogP contribution is 2.31. The first-order valence-corrected chi connectivity index (χ1v) is 6.42. The van der Waals surface area contributed by atoms with Crippen LogP contribution in [0.4, 0.5) is 15.8 Å². The van der Waals surface area contributed by atoms with E-state index in [2.05, 4.69) is 4.90 Å². The van der Waals surface area contributed by atoms with E-state index in [1.54, 1.807) is 6.07 Å². The van der Waals surface area contributed by atoms with Gasteiger partial charge in [0.05, 0.1) is 17.5 Å². The molecular formula is C14H24FN3O. The average molecular weight is 269 g/mol. The van der Waals surface area contributed by atoms with Crippen LogP contribution in [0.2, 0.25) is 0 Å². The lowest BCUT2D eigenvalue weighted by atomic mass is 10.2. The van der Waals surface area contributed by atoms with Crippen molar-refractivity contribution in [3.05, 3.63) is 17.9 Å². The van der Waals surface area contributed by atoms with E-state index in [9.17, 15) is 4.39 Å². The molecule has 0 heterocycles. The van der Waals surface area contributed by atoms with Crippen LogP contribution in [-0.2, 0) is 0 Å². The van der Waals surface area contributed by atoms with Crippen LogP contribution in [0.1, 0.15) is 13.8 Å². The van der Waals surface area contributed by atoms with E-state index in [0.717, 1.165) is 18.8 Å². The predicted molar refractivity (Wildman–Crippen MR) is 78.4 cm³/mol. The summed E-state index contributed by atoms with van der Waals surface area (Å²) in [4.78, 5) is 4.09. The van der Waals surface area contributed by atoms with Crippen LogP contribution in [0.3, 0.4) is 0 Å². The van der Waals surface area contributed by atoms with Gasteiger partial charge in [0, 0.05) is 32.3 Å². The van der Waals surface area contributed by atoms with Crippen molar-refractivity contribution in [3.63, 3.8) is 0 Å². The minimum absolute atomic E-state index is 0.0712. The van der Waals surface area contributed by atoms with Crippen molar-refractivity contribution in [2.24, 2.45) is 0 Å². The second-order valence-electron chi connectivity index (χ2n) is 5.23. The van der Waals surface area contributed by atoms with E-state index in [1.165, 1.54) is 6.07 Å².